The predicted molar refractivity (Wildman–Crippen MR) is 215 cm³/mol. The molecule has 11 rings (SSSR count). The molecule has 2 heterocycles. The third-order valence-corrected chi connectivity index (χ3v) is 10.8. The smallest absolute Gasteiger partial charge is 0.136 e. The van der Waals surface area contributed by atoms with Gasteiger partial charge in [-0.3, -0.25) is 0 Å². The van der Waals surface area contributed by atoms with Crippen molar-refractivity contribution in [3.8, 4) is 33.8 Å². The molecule has 9 aromatic carbocycles. The second-order valence-corrected chi connectivity index (χ2v) is 13.6. The molecule has 52 heavy (non-hydrogen) atoms. The molecule has 0 unspecified atom stereocenters. The molecule has 0 aliphatic rings. The number of hydrogen-bond donors (Lipinski definition) is 0. The van der Waals surface area contributed by atoms with Crippen LogP contribution in [0.25, 0.3) is 109 Å². The lowest BCUT2D eigenvalue weighted by Gasteiger charge is -2.16. The summed E-state index contributed by atoms with van der Waals surface area (Å²) in [6.07, 6.45) is 0. The molecule has 4 nitrogen and oxygen atoms in total. The summed E-state index contributed by atoms with van der Waals surface area (Å²) >= 11 is 0. The van der Waals surface area contributed by atoms with E-state index in [1.807, 2.05) is 48.5 Å². The van der Waals surface area contributed by atoms with Crippen molar-refractivity contribution in [2.24, 2.45) is 0 Å². The minimum absolute atomic E-state index is 0.832. The molecule has 0 saturated heterocycles. The minimum atomic E-state index is 0.832. The summed E-state index contributed by atoms with van der Waals surface area (Å²) in [7, 11) is 3.41. The van der Waals surface area contributed by atoms with E-state index in [9.17, 15) is 0 Å². The van der Waals surface area contributed by atoms with E-state index in [-0.39, 0.29) is 0 Å². The van der Waals surface area contributed by atoms with Crippen molar-refractivity contribution in [3.05, 3.63) is 146 Å². The Morgan fingerprint density at radius 2 is 0.750 bits per heavy atom. The van der Waals surface area contributed by atoms with Gasteiger partial charge in [0.05, 0.1) is 14.2 Å². The maximum absolute atomic E-state index is 6.45. The van der Waals surface area contributed by atoms with Crippen LogP contribution in [0, 0.1) is 0 Å². The Kier molecular flexibility index (Phi) is 6.06. The minimum Gasteiger partial charge on any atom is -0.497 e. The average Bonchev–Trinajstić information content (AvgIpc) is 3.75. The largest absolute Gasteiger partial charge is 0.497 e. The fourth-order valence-electron chi connectivity index (χ4n) is 8.26. The van der Waals surface area contributed by atoms with E-state index >= 15 is 0 Å². The number of para-hydroxylation sites is 2. The Hall–Kier alpha value is -6.78. The molecular formula is C48H30O4. The van der Waals surface area contributed by atoms with E-state index in [2.05, 4.69) is 97.1 Å². The summed E-state index contributed by atoms with van der Waals surface area (Å²) in [6, 6.07) is 51.7. The lowest BCUT2D eigenvalue weighted by molar-refractivity contribution is 0.415. The van der Waals surface area contributed by atoms with E-state index in [0.29, 0.717) is 0 Å². The first-order valence-electron chi connectivity index (χ1n) is 17.5. The summed E-state index contributed by atoms with van der Waals surface area (Å²) in [5.74, 6) is 1.66. The zero-order chi connectivity index (χ0) is 34.5. The average molecular weight is 671 g/mol. The number of fused-ring (bicyclic) bond motifs is 12. The molecule has 2 aromatic heterocycles. The third-order valence-electron chi connectivity index (χ3n) is 10.8. The van der Waals surface area contributed by atoms with Crippen LogP contribution in [0.4, 0.5) is 0 Å². The SMILES string of the molecule is COc1ccc(-c2cc3cc4c(cc(-c5ccc(OC)cc5)c5cc6c(cc54)oc4ccccc46)cc3c3cc4oc5ccccc5c4cc23)cc1. The fourth-order valence-corrected chi connectivity index (χ4v) is 8.26. The second kappa shape index (κ2) is 10.9. The van der Waals surface area contributed by atoms with Crippen LogP contribution in [0.3, 0.4) is 0 Å². The van der Waals surface area contributed by atoms with Crippen molar-refractivity contribution in [1.29, 1.82) is 0 Å². The molecule has 0 saturated carbocycles. The highest BCUT2D eigenvalue weighted by molar-refractivity contribution is 6.26. The standard InChI is InChI=1S/C48H30O4/c1-49-31-15-11-27(12-16-31)35-19-29-21-38-30(22-37(29)41-25-47-43(23-39(35)41)33-7-3-5-9-45(33)51-47)20-36(28-13-17-32(50-2)18-14-28)40-24-44-34-8-4-6-10-46(34)52-48(44)26-42(38)40/h3-26H,1-2H3. The van der Waals surface area contributed by atoms with Crippen molar-refractivity contribution >= 4 is 87.0 Å². The Morgan fingerprint density at radius 1 is 0.327 bits per heavy atom. The lowest BCUT2D eigenvalue weighted by atomic mass is 9.88. The highest BCUT2D eigenvalue weighted by atomic mass is 16.5. The van der Waals surface area contributed by atoms with Crippen molar-refractivity contribution < 1.29 is 18.3 Å². The van der Waals surface area contributed by atoms with Crippen LogP contribution in [0.5, 0.6) is 11.5 Å². The summed E-state index contributed by atoms with van der Waals surface area (Å²) in [5, 5.41) is 13.8. The number of hydrogen-bond acceptors (Lipinski definition) is 4. The Bertz CT molecular complexity index is 3020. The van der Waals surface area contributed by atoms with E-state index in [0.717, 1.165) is 99.2 Å². The molecule has 0 fully saturated rings. The van der Waals surface area contributed by atoms with Gasteiger partial charge in [-0.25, -0.2) is 0 Å². The lowest BCUT2D eigenvalue weighted by Crippen LogP contribution is -1.89. The Balaban J connectivity index is 1.28. The van der Waals surface area contributed by atoms with Gasteiger partial charge in [0.15, 0.2) is 0 Å². The summed E-state index contributed by atoms with van der Waals surface area (Å²) in [6.45, 7) is 0. The van der Waals surface area contributed by atoms with Crippen LogP contribution in [0.15, 0.2) is 154 Å². The van der Waals surface area contributed by atoms with Gasteiger partial charge in [0.25, 0.3) is 0 Å². The maximum atomic E-state index is 6.45. The molecule has 0 amide bonds. The summed E-state index contributed by atoms with van der Waals surface area (Å²) in [4.78, 5) is 0. The van der Waals surface area contributed by atoms with Gasteiger partial charge in [-0.05, 0) is 150 Å². The van der Waals surface area contributed by atoms with Crippen molar-refractivity contribution in [2.45, 2.75) is 0 Å². The van der Waals surface area contributed by atoms with Gasteiger partial charge in [0.2, 0.25) is 0 Å². The first-order valence-corrected chi connectivity index (χ1v) is 17.5. The predicted octanol–water partition coefficient (Wildman–Crippen LogP) is 13.4. The summed E-state index contributed by atoms with van der Waals surface area (Å²) in [5.41, 5.74) is 8.12. The zero-order valence-electron chi connectivity index (χ0n) is 28.5. The molecule has 11 aromatic rings. The van der Waals surface area contributed by atoms with E-state index in [1.54, 1.807) is 14.2 Å². The van der Waals surface area contributed by atoms with Gasteiger partial charge in [0, 0.05) is 21.5 Å². The van der Waals surface area contributed by atoms with Crippen molar-refractivity contribution in [3.63, 3.8) is 0 Å². The quantitative estimate of drug-likeness (QED) is 0.138. The number of ether oxygens (including phenoxy) is 2. The van der Waals surface area contributed by atoms with Gasteiger partial charge >= 0.3 is 0 Å². The third kappa shape index (κ3) is 4.21. The number of methoxy groups -OCH3 is 2. The van der Waals surface area contributed by atoms with Gasteiger partial charge in [-0.1, -0.05) is 60.7 Å². The molecule has 0 radical (unpaired) electrons. The molecular weight excluding hydrogens is 641 g/mol. The highest BCUT2D eigenvalue weighted by Gasteiger charge is 2.18. The molecule has 0 aliphatic heterocycles. The number of furan rings is 2. The molecule has 4 heteroatoms. The number of benzene rings is 9. The molecule has 0 spiro atoms. The first-order chi connectivity index (χ1) is 25.6. The van der Waals surface area contributed by atoms with Gasteiger partial charge in [-0.15, -0.1) is 0 Å². The Morgan fingerprint density at radius 3 is 1.17 bits per heavy atom. The van der Waals surface area contributed by atoms with Crippen molar-refractivity contribution in [2.75, 3.05) is 14.2 Å². The van der Waals surface area contributed by atoms with Gasteiger partial charge in [-0.2, -0.15) is 0 Å². The summed E-state index contributed by atoms with van der Waals surface area (Å²) < 4.78 is 24.0. The topological polar surface area (TPSA) is 44.7 Å². The zero-order valence-corrected chi connectivity index (χ0v) is 28.5. The van der Waals surface area contributed by atoms with Crippen LogP contribution in [-0.4, -0.2) is 14.2 Å². The van der Waals surface area contributed by atoms with Crippen LogP contribution in [0.1, 0.15) is 0 Å². The number of rotatable bonds is 4. The normalized spacial score (nSPS) is 12.0. The monoisotopic (exact) mass is 670 g/mol. The molecule has 0 aliphatic carbocycles. The molecule has 0 N–H and O–H groups in total. The van der Waals surface area contributed by atoms with E-state index in [4.69, 9.17) is 18.3 Å². The fraction of sp³-hybridized carbons (Fsp3) is 0.0417. The molecule has 0 bridgehead atoms. The van der Waals surface area contributed by atoms with Crippen LogP contribution < -0.4 is 9.47 Å². The Labute approximate surface area is 298 Å². The van der Waals surface area contributed by atoms with Gasteiger partial charge in [0.1, 0.15) is 33.8 Å². The maximum Gasteiger partial charge on any atom is 0.136 e. The molecule has 0 atom stereocenters. The van der Waals surface area contributed by atoms with E-state index in [1.165, 1.54) is 21.5 Å². The van der Waals surface area contributed by atoms with Crippen LogP contribution in [-0.2, 0) is 0 Å². The first kappa shape index (κ1) is 29.0. The van der Waals surface area contributed by atoms with Crippen LogP contribution >= 0.6 is 0 Å². The second-order valence-electron chi connectivity index (χ2n) is 13.6. The highest BCUT2D eigenvalue weighted by Crippen LogP contribution is 2.45. The van der Waals surface area contributed by atoms with E-state index < -0.39 is 0 Å². The van der Waals surface area contributed by atoms with Crippen LogP contribution in [0.2, 0.25) is 0 Å². The molecule has 246 valence electrons. The van der Waals surface area contributed by atoms with Gasteiger partial charge < -0.3 is 18.3 Å². The van der Waals surface area contributed by atoms with Crippen molar-refractivity contribution in [1.82, 2.24) is 0 Å².